The third kappa shape index (κ3) is 2.91. The van der Waals surface area contributed by atoms with E-state index < -0.39 is 0 Å². The molecule has 1 aliphatic carbocycles. The topological polar surface area (TPSA) is 57.8 Å². The third-order valence-electron chi connectivity index (χ3n) is 4.38. The number of hydrogen-bond acceptors (Lipinski definition) is 2. The van der Waals surface area contributed by atoms with Gasteiger partial charge in [0.05, 0.1) is 5.54 Å². The highest BCUT2D eigenvalue weighted by Gasteiger charge is 2.40. The van der Waals surface area contributed by atoms with Crippen LogP contribution in [-0.4, -0.2) is 16.1 Å². The molecular formula is C18H23N3O. The van der Waals surface area contributed by atoms with Gasteiger partial charge >= 0.3 is 0 Å². The van der Waals surface area contributed by atoms with Crippen molar-refractivity contribution in [3.05, 3.63) is 53.3 Å². The molecule has 0 aliphatic heterocycles. The smallest absolute Gasteiger partial charge is 0.272 e. The van der Waals surface area contributed by atoms with Crippen LogP contribution in [0.25, 0.3) is 0 Å². The van der Waals surface area contributed by atoms with Crippen molar-refractivity contribution in [2.75, 3.05) is 0 Å². The SMILES string of the molecule is CC(C)Cc1cc(C(=O)NC2(c3ccccc3)CCC2)n[nH]1. The minimum Gasteiger partial charge on any atom is -0.341 e. The van der Waals surface area contributed by atoms with Crippen molar-refractivity contribution in [3.8, 4) is 0 Å². The average Bonchev–Trinajstić information content (AvgIpc) is 2.91. The van der Waals surface area contributed by atoms with E-state index in [9.17, 15) is 4.79 Å². The van der Waals surface area contributed by atoms with E-state index in [4.69, 9.17) is 0 Å². The largest absolute Gasteiger partial charge is 0.341 e. The molecule has 1 fully saturated rings. The quantitative estimate of drug-likeness (QED) is 0.888. The average molecular weight is 297 g/mol. The van der Waals surface area contributed by atoms with Crippen molar-refractivity contribution in [1.29, 1.82) is 0 Å². The molecule has 4 nitrogen and oxygen atoms in total. The van der Waals surface area contributed by atoms with Crippen LogP contribution in [-0.2, 0) is 12.0 Å². The van der Waals surface area contributed by atoms with Gasteiger partial charge in [-0.25, -0.2) is 0 Å². The summed E-state index contributed by atoms with van der Waals surface area (Å²) in [4.78, 5) is 12.5. The second-order valence-electron chi connectivity index (χ2n) is 6.63. The predicted molar refractivity (Wildman–Crippen MR) is 86.6 cm³/mol. The Kier molecular flexibility index (Phi) is 4.01. The minimum absolute atomic E-state index is 0.0881. The van der Waals surface area contributed by atoms with E-state index in [1.807, 2.05) is 24.3 Å². The van der Waals surface area contributed by atoms with Gasteiger partial charge in [0.15, 0.2) is 0 Å². The fourth-order valence-electron chi connectivity index (χ4n) is 3.08. The minimum atomic E-state index is -0.213. The van der Waals surface area contributed by atoms with E-state index in [2.05, 4.69) is 41.5 Å². The Labute approximate surface area is 131 Å². The highest BCUT2D eigenvalue weighted by Crippen LogP contribution is 2.41. The fraction of sp³-hybridized carbons (Fsp3) is 0.444. The number of hydrogen-bond donors (Lipinski definition) is 2. The van der Waals surface area contributed by atoms with Gasteiger partial charge in [-0.15, -0.1) is 0 Å². The number of carbonyl (C=O) groups is 1. The molecule has 2 aromatic rings. The van der Waals surface area contributed by atoms with Crippen LogP contribution in [0.2, 0.25) is 0 Å². The molecule has 1 saturated carbocycles. The summed E-state index contributed by atoms with van der Waals surface area (Å²) in [5, 5.41) is 10.3. The summed E-state index contributed by atoms with van der Waals surface area (Å²) < 4.78 is 0. The summed E-state index contributed by atoms with van der Waals surface area (Å²) in [6.07, 6.45) is 4.04. The number of rotatable bonds is 5. The maximum Gasteiger partial charge on any atom is 0.272 e. The molecule has 1 heterocycles. The maximum absolute atomic E-state index is 12.5. The summed E-state index contributed by atoms with van der Waals surface area (Å²) in [6.45, 7) is 4.30. The summed E-state index contributed by atoms with van der Waals surface area (Å²) in [5.41, 5.74) is 2.48. The van der Waals surface area contributed by atoms with E-state index in [-0.39, 0.29) is 11.4 Å². The third-order valence-corrected chi connectivity index (χ3v) is 4.38. The molecule has 1 aliphatic rings. The highest BCUT2D eigenvalue weighted by molar-refractivity contribution is 5.93. The maximum atomic E-state index is 12.5. The first kappa shape index (κ1) is 14.8. The monoisotopic (exact) mass is 297 g/mol. The van der Waals surface area contributed by atoms with Gasteiger partial charge in [0, 0.05) is 5.69 Å². The Balaban J connectivity index is 1.74. The molecule has 1 amide bonds. The molecule has 116 valence electrons. The van der Waals surface area contributed by atoms with E-state index in [1.54, 1.807) is 0 Å². The van der Waals surface area contributed by atoms with Crippen LogP contribution < -0.4 is 5.32 Å². The molecule has 2 N–H and O–H groups in total. The zero-order chi connectivity index (χ0) is 15.6. The molecule has 4 heteroatoms. The Bertz CT molecular complexity index is 641. The van der Waals surface area contributed by atoms with Crippen molar-refractivity contribution in [2.24, 2.45) is 5.92 Å². The van der Waals surface area contributed by atoms with Crippen LogP contribution in [0.15, 0.2) is 36.4 Å². The number of nitrogens with zero attached hydrogens (tertiary/aromatic N) is 1. The van der Waals surface area contributed by atoms with Crippen molar-refractivity contribution >= 4 is 5.91 Å². The second kappa shape index (κ2) is 5.95. The summed E-state index contributed by atoms with van der Waals surface area (Å²) in [5.74, 6) is 0.452. The molecule has 0 spiro atoms. The van der Waals surface area contributed by atoms with Crippen LogP contribution in [0.3, 0.4) is 0 Å². The number of benzene rings is 1. The van der Waals surface area contributed by atoms with Crippen LogP contribution >= 0.6 is 0 Å². The van der Waals surface area contributed by atoms with Gasteiger partial charge in [0.1, 0.15) is 5.69 Å². The molecule has 0 saturated heterocycles. The van der Waals surface area contributed by atoms with Gasteiger partial charge in [-0.2, -0.15) is 5.10 Å². The number of amides is 1. The lowest BCUT2D eigenvalue weighted by Crippen LogP contribution is -2.50. The zero-order valence-electron chi connectivity index (χ0n) is 13.2. The Morgan fingerprint density at radius 3 is 2.64 bits per heavy atom. The van der Waals surface area contributed by atoms with E-state index >= 15 is 0 Å². The summed E-state index contributed by atoms with van der Waals surface area (Å²) in [6, 6.07) is 12.1. The molecule has 3 rings (SSSR count). The molecule has 0 atom stereocenters. The lowest BCUT2D eigenvalue weighted by Gasteiger charge is -2.43. The first-order valence-corrected chi connectivity index (χ1v) is 8.01. The van der Waals surface area contributed by atoms with Gasteiger partial charge in [0.25, 0.3) is 5.91 Å². The molecule has 1 aromatic heterocycles. The van der Waals surface area contributed by atoms with Crippen molar-refractivity contribution in [2.45, 2.75) is 45.1 Å². The summed E-state index contributed by atoms with van der Waals surface area (Å²) in [7, 11) is 0. The summed E-state index contributed by atoms with van der Waals surface area (Å²) >= 11 is 0. The second-order valence-corrected chi connectivity index (χ2v) is 6.63. The van der Waals surface area contributed by atoms with Crippen LogP contribution in [0.1, 0.15) is 54.9 Å². The fourth-order valence-corrected chi connectivity index (χ4v) is 3.08. The molecule has 1 aromatic carbocycles. The molecule has 0 radical (unpaired) electrons. The van der Waals surface area contributed by atoms with Crippen LogP contribution in [0.4, 0.5) is 0 Å². The number of carbonyl (C=O) groups excluding carboxylic acids is 1. The van der Waals surface area contributed by atoms with Crippen molar-refractivity contribution < 1.29 is 4.79 Å². The highest BCUT2D eigenvalue weighted by atomic mass is 16.2. The number of nitrogens with one attached hydrogen (secondary N) is 2. The van der Waals surface area contributed by atoms with Crippen molar-refractivity contribution in [3.63, 3.8) is 0 Å². The Morgan fingerprint density at radius 2 is 2.05 bits per heavy atom. The van der Waals surface area contributed by atoms with Gasteiger partial charge in [-0.3, -0.25) is 9.89 Å². The van der Waals surface area contributed by atoms with Gasteiger partial charge < -0.3 is 5.32 Å². The van der Waals surface area contributed by atoms with Crippen LogP contribution in [0, 0.1) is 5.92 Å². The molecular weight excluding hydrogens is 274 g/mol. The lowest BCUT2D eigenvalue weighted by molar-refractivity contribution is 0.0818. The van der Waals surface area contributed by atoms with E-state index in [0.717, 1.165) is 31.4 Å². The Hall–Kier alpha value is -2.10. The lowest BCUT2D eigenvalue weighted by atomic mass is 9.71. The first-order valence-electron chi connectivity index (χ1n) is 8.01. The Morgan fingerprint density at radius 1 is 1.32 bits per heavy atom. The van der Waals surface area contributed by atoms with Gasteiger partial charge in [-0.05, 0) is 43.2 Å². The van der Waals surface area contributed by atoms with Gasteiger partial charge in [-0.1, -0.05) is 44.2 Å². The van der Waals surface area contributed by atoms with E-state index in [1.165, 1.54) is 5.56 Å². The molecule has 0 unspecified atom stereocenters. The molecule has 22 heavy (non-hydrogen) atoms. The van der Waals surface area contributed by atoms with E-state index in [0.29, 0.717) is 11.6 Å². The normalized spacial score (nSPS) is 16.3. The molecule has 0 bridgehead atoms. The predicted octanol–water partition coefficient (Wildman–Crippen LogP) is 3.42. The zero-order valence-corrected chi connectivity index (χ0v) is 13.2. The standard InChI is InChI=1S/C18H23N3O/c1-13(2)11-15-12-16(21-20-15)17(22)19-18(9-6-10-18)14-7-4-3-5-8-14/h3-5,7-8,12-13H,6,9-11H2,1-2H3,(H,19,22)(H,20,21). The number of H-pyrrole nitrogens is 1. The number of aromatic amines is 1. The number of aromatic nitrogens is 2. The first-order chi connectivity index (χ1) is 10.6. The van der Waals surface area contributed by atoms with Crippen molar-refractivity contribution in [1.82, 2.24) is 15.5 Å². The van der Waals surface area contributed by atoms with Gasteiger partial charge in [0.2, 0.25) is 0 Å². The van der Waals surface area contributed by atoms with Crippen LogP contribution in [0.5, 0.6) is 0 Å².